The molecule has 0 unspecified atom stereocenters. The molecule has 0 atom stereocenters. The molecule has 1 rings (SSSR count). The standard InChI is InChI=1S/C5H10N2O.ClH/c8-7-5-1-3-6-4-2-5;/h6,8H,1-4H2;1H. The van der Waals surface area contributed by atoms with Crippen LogP contribution in [0.5, 0.6) is 0 Å². The Morgan fingerprint density at radius 3 is 2.22 bits per heavy atom. The van der Waals surface area contributed by atoms with E-state index in [1.165, 1.54) is 0 Å². The summed E-state index contributed by atoms with van der Waals surface area (Å²) in [6.07, 6.45) is 1.80. The monoisotopic (exact) mass is 150 g/mol. The number of hydrogen-bond donors (Lipinski definition) is 2. The molecule has 0 saturated carbocycles. The van der Waals surface area contributed by atoms with E-state index in [2.05, 4.69) is 10.5 Å². The van der Waals surface area contributed by atoms with E-state index in [0.29, 0.717) is 0 Å². The molecule has 9 heavy (non-hydrogen) atoms. The van der Waals surface area contributed by atoms with E-state index in [-0.39, 0.29) is 12.4 Å². The van der Waals surface area contributed by atoms with Crippen LogP contribution in [0.25, 0.3) is 0 Å². The Hall–Kier alpha value is -0.280. The fraction of sp³-hybridized carbons (Fsp3) is 0.800. The Bertz CT molecular complexity index is 97.1. The minimum Gasteiger partial charge on any atom is -0.411 e. The molecule has 0 aromatic heterocycles. The Morgan fingerprint density at radius 1 is 1.33 bits per heavy atom. The highest BCUT2D eigenvalue weighted by Gasteiger charge is 2.04. The van der Waals surface area contributed by atoms with Gasteiger partial charge in [-0.25, -0.2) is 0 Å². The smallest absolute Gasteiger partial charge is 0.0596 e. The van der Waals surface area contributed by atoms with Crippen molar-refractivity contribution in [1.82, 2.24) is 5.32 Å². The zero-order chi connectivity index (χ0) is 5.82. The van der Waals surface area contributed by atoms with Crippen molar-refractivity contribution in [2.45, 2.75) is 12.8 Å². The second kappa shape index (κ2) is 4.58. The van der Waals surface area contributed by atoms with Gasteiger partial charge in [-0.1, -0.05) is 5.16 Å². The van der Waals surface area contributed by atoms with Gasteiger partial charge in [0.05, 0.1) is 5.71 Å². The summed E-state index contributed by atoms with van der Waals surface area (Å²) in [5, 5.41) is 14.5. The number of rotatable bonds is 0. The maximum Gasteiger partial charge on any atom is 0.0596 e. The molecule has 0 bridgehead atoms. The van der Waals surface area contributed by atoms with Gasteiger partial charge in [-0.2, -0.15) is 0 Å². The van der Waals surface area contributed by atoms with E-state index in [9.17, 15) is 0 Å². The zero-order valence-electron chi connectivity index (χ0n) is 5.13. The lowest BCUT2D eigenvalue weighted by atomic mass is 10.1. The third-order valence-corrected chi connectivity index (χ3v) is 1.32. The average Bonchev–Trinajstić information content (AvgIpc) is 1.90. The summed E-state index contributed by atoms with van der Waals surface area (Å²) in [7, 11) is 0. The molecule has 1 heterocycles. The van der Waals surface area contributed by atoms with Crippen LogP contribution < -0.4 is 5.32 Å². The molecular weight excluding hydrogens is 140 g/mol. The second-order valence-electron chi connectivity index (χ2n) is 1.92. The summed E-state index contributed by atoms with van der Waals surface area (Å²) in [6, 6.07) is 0. The maximum absolute atomic E-state index is 8.25. The Labute approximate surface area is 60.5 Å². The van der Waals surface area contributed by atoms with Crippen molar-refractivity contribution in [3.05, 3.63) is 0 Å². The fourth-order valence-corrected chi connectivity index (χ4v) is 0.815. The third kappa shape index (κ3) is 2.67. The van der Waals surface area contributed by atoms with E-state index >= 15 is 0 Å². The van der Waals surface area contributed by atoms with Gasteiger partial charge in [0.25, 0.3) is 0 Å². The number of nitrogens with one attached hydrogen (secondary N) is 1. The summed E-state index contributed by atoms with van der Waals surface area (Å²) in [6.45, 7) is 1.92. The van der Waals surface area contributed by atoms with Crippen LogP contribution in [-0.2, 0) is 0 Å². The number of halogens is 1. The van der Waals surface area contributed by atoms with Gasteiger partial charge < -0.3 is 10.5 Å². The molecule has 4 heteroatoms. The van der Waals surface area contributed by atoms with Gasteiger partial charge in [0.1, 0.15) is 0 Å². The highest BCUT2D eigenvalue weighted by Crippen LogP contribution is 1.95. The molecule has 3 nitrogen and oxygen atoms in total. The van der Waals surface area contributed by atoms with Gasteiger partial charge in [-0.05, 0) is 0 Å². The molecule has 0 radical (unpaired) electrons. The largest absolute Gasteiger partial charge is 0.411 e. The van der Waals surface area contributed by atoms with Gasteiger partial charge in [-0.15, -0.1) is 12.4 Å². The van der Waals surface area contributed by atoms with E-state index in [4.69, 9.17) is 5.21 Å². The molecule has 1 fully saturated rings. The van der Waals surface area contributed by atoms with E-state index in [0.717, 1.165) is 31.6 Å². The van der Waals surface area contributed by atoms with Crippen molar-refractivity contribution >= 4 is 18.1 Å². The predicted octanol–water partition coefficient (Wildman–Crippen LogP) is 0.622. The number of piperidine rings is 1. The zero-order valence-corrected chi connectivity index (χ0v) is 5.95. The van der Waals surface area contributed by atoms with Crippen LogP contribution in [0.15, 0.2) is 5.16 Å². The van der Waals surface area contributed by atoms with E-state index in [1.54, 1.807) is 0 Å². The first-order chi connectivity index (χ1) is 3.93. The molecule has 0 aromatic carbocycles. The molecular formula is C5H11ClN2O. The molecule has 1 aliphatic rings. The fourth-order valence-electron chi connectivity index (χ4n) is 0.815. The molecule has 0 spiro atoms. The third-order valence-electron chi connectivity index (χ3n) is 1.32. The van der Waals surface area contributed by atoms with Gasteiger partial charge in [0.15, 0.2) is 0 Å². The van der Waals surface area contributed by atoms with Crippen LogP contribution in [0.4, 0.5) is 0 Å². The molecule has 1 saturated heterocycles. The molecule has 54 valence electrons. The van der Waals surface area contributed by atoms with Gasteiger partial charge >= 0.3 is 0 Å². The average molecular weight is 151 g/mol. The Balaban J connectivity index is 0.000000640. The molecule has 2 N–H and O–H groups in total. The number of hydrogen-bond acceptors (Lipinski definition) is 3. The van der Waals surface area contributed by atoms with Crippen LogP contribution in [0.1, 0.15) is 12.8 Å². The Kier molecular flexibility index (Phi) is 4.44. The highest BCUT2D eigenvalue weighted by atomic mass is 35.5. The lowest BCUT2D eigenvalue weighted by Crippen LogP contribution is -2.27. The first-order valence-electron chi connectivity index (χ1n) is 2.84. The lowest BCUT2D eigenvalue weighted by Gasteiger charge is -2.11. The van der Waals surface area contributed by atoms with Gasteiger partial charge in [0.2, 0.25) is 0 Å². The van der Waals surface area contributed by atoms with Crippen LogP contribution in [0.3, 0.4) is 0 Å². The number of oxime groups is 1. The summed E-state index contributed by atoms with van der Waals surface area (Å²) in [5.41, 5.74) is 0.920. The van der Waals surface area contributed by atoms with Gasteiger partial charge in [0, 0.05) is 25.9 Å². The Morgan fingerprint density at radius 2 is 1.89 bits per heavy atom. The first-order valence-corrected chi connectivity index (χ1v) is 2.84. The summed E-state index contributed by atoms with van der Waals surface area (Å²) >= 11 is 0. The van der Waals surface area contributed by atoms with Crippen LogP contribution in [-0.4, -0.2) is 24.0 Å². The quantitative estimate of drug-likeness (QED) is 0.393. The van der Waals surface area contributed by atoms with E-state index < -0.39 is 0 Å². The van der Waals surface area contributed by atoms with E-state index in [1.807, 2.05) is 0 Å². The lowest BCUT2D eigenvalue weighted by molar-refractivity contribution is 0.314. The van der Waals surface area contributed by atoms with Crippen molar-refractivity contribution in [3.63, 3.8) is 0 Å². The summed E-state index contributed by atoms with van der Waals surface area (Å²) in [5.74, 6) is 0. The van der Waals surface area contributed by atoms with Gasteiger partial charge in [-0.3, -0.25) is 0 Å². The predicted molar refractivity (Wildman–Crippen MR) is 38.6 cm³/mol. The van der Waals surface area contributed by atoms with Crippen molar-refractivity contribution in [2.24, 2.45) is 5.16 Å². The molecule has 0 aromatic rings. The SMILES string of the molecule is Cl.ON=C1CCNCC1. The highest BCUT2D eigenvalue weighted by molar-refractivity contribution is 5.85. The maximum atomic E-state index is 8.25. The minimum absolute atomic E-state index is 0. The van der Waals surface area contributed by atoms with Crippen molar-refractivity contribution < 1.29 is 5.21 Å². The van der Waals surface area contributed by atoms with Crippen molar-refractivity contribution in [2.75, 3.05) is 13.1 Å². The topological polar surface area (TPSA) is 44.6 Å². The van der Waals surface area contributed by atoms with Crippen LogP contribution >= 0.6 is 12.4 Å². The van der Waals surface area contributed by atoms with Crippen molar-refractivity contribution in [1.29, 1.82) is 0 Å². The minimum atomic E-state index is 0. The van der Waals surface area contributed by atoms with Crippen molar-refractivity contribution in [3.8, 4) is 0 Å². The number of nitrogens with zero attached hydrogens (tertiary/aromatic N) is 1. The summed E-state index contributed by atoms with van der Waals surface area (Å²) in [4.78, 5) is 0. The van der Waals surface area contributed by atoms with Crippen LogP contribution in [0, 0.1) is 0 Å². The first kappa shape index (κ1) is 8.72. The normalized spacial score (nSPS) is 18.4. The molecule has 1 aliphatic heterocycles. The molecule has 0 aliphatic carbocycles. The summed E-state index contributed by atoms with van der Waals surface area (Å²) < 4.78 is 0. The molecule has 0 amide bonds. The van der Waals surface area contributed by atoms with Crippen LogP contribution in [0.2, 0.25) is 0 Å². The second-order valence-corrected chi connectivity index (χ2v) is 1.92.